The highest BCUT2D eigenvalue weighted by atomic mass is 35.5. The van der Waals surface area contributed by atoms with Gasteiger partial charge in [-0.2, -0.15) is 0 Å². The smallest absolute Gasteiger partial charge is 0.0483 e. The average Bonchev–Trinajstić information content (AvgIpc) is 2.89. The van der Waals surface area contributed by atoms with E-state index in [-0.39, 0.29) is 6.04 Å². The van der Waals surface area contributed by atoms with Crippen LogP contribution < -0.4 is 5.73 Å². The predicted molar refractivity (Wildman–Crippen MR) is 85.3 cm³/mol. The topological polar surface area (TPSA) is 26.0 Å². The molecule has 1 aliphatic rings. The summed E-state index contributed by atoms with van der Waals surface area (Å²) in [6.45, 7) is 2.02. The molecule has 1 unspecified atom stereocenters. The van der Waals surface area contributed by atoms with Crippen LogP contribution in [0.2, 0.25) is 5.02 Å². The third-order valence-corrected chi connectivity index (χ3v) is 4.76. The maximum Gasteiger partial charge on any atom is 0.0483 e. The van der Waals surface area contributed by atoms with Crippen LogP contribution in [0, 0.1) is 6.92 Å². The summed E-state index contributed by atoms with van der Waals surface area (Å²) in [6, 6.07) is 12.9. The standard InChI is InChI=1S/C18H20ClN/c1-12-4-2-7-16(18(12)19)17(20)11-13-8-9-14-5-3-6-15(14)10-13/h2,4,7-10,17H,3,5-6,11,20H2,1H3. The Balaban J connectivity index is 1.82. The lowest BCUT2D eigenvalue weighted by atomic mass is 9.96. The predicted octanol–water partition coefficient (Wildman–Crippen LogP) is 4.38. The molecule has 0 radical (unpaired) electrons. The monoisotopic (exact) mass is 285 g/mol. The lowest BCUT2D eigenvalue weighted by Crippen LogP contribution is -2.14. The lowest BCUT2D eigenvalue weighted by molar-refractivity contribution is 0.720. The fraction of sp³-hybridized carbons (Fsp3) is 0.333. The number of fused-ring (bicyclic) bond motifs is 1. The van der Waals surface area contributed by atoms with Crippen molar-refractivity contribution in [3.8, 4) is 0 Å². The summed E-state index contributed by atoms with van der Waals surface area (Å²) < 4.78 is 0. The minimum Gasteiger partial charge on any atom is -0.324 e. The first-order chi connectivity index (χ1) is 9.65. The van der Waals surface area contributed by atoms with Gasteiger partial charge in [-0.3, -0.25) is 0 Å². The van der Waals surface area contributed by atoms with E-state index < -0.39 is 0 Å². The largest absolute Gasteiger partial charge is 0.324 e. The second-order valence-electron chi connectivity index (χ2n) is 5.75. The van der Waals surface area contributed by atoms with Crippen molar-refractivity contribution in [3.63, 3.8) is 0 Å². The Morgan fingerprint density at radius 2 is 1.95 bits per heavy atom. The molecule has 0 saturated heterocycles. The van der Waals surface area contributed by atoms with Crippen LogP contribution in [0.5, 0.6) is 0 Å². The minimum absolute atomic E-state index is 0.0400. The van der Waals surface area contributed by atoms with E-state index in [9.17, 15) is 0 Å². The van der Waals surface area contributed by atoms with Crippen molar-refractivity contribution >= 4 is 11.6 Å². The highest BCUT2D eigenvalue weighted by molar-refractivity contribution is 6.32. The minimum atomic E-state index is -0.0400. The van der Waals surface area contributed by atoms with Crippen LogP contribution in [0.1, 0.15) is 40.3 Å². The molecular weight excluding hydrogens is 266 g/mol. The van der Waals surface area contributed by atoms with E-state index in [1.165, 1.54) is 36.0 Å². The van der Waals surface area contributed by atoms with Crippen molar-refractivity contribution in [2.45, 2.75) is 38.6 Å². The van der Waals surface area contributed by atoms with Gasteiger partial charge in [0.2, 0.25) is 0 Å². The molecule has 20 heavy (non-hydrogen) atoms. The molecule has 104 valence electrons. The van der Waals surface area contributed by atoms with Crippen LogP contribution >= 0.6 is 11.6 Å². The second-order valence-corrected chi connectivity index (χ2v) is 6.12. The second kappa shape index (κ2) is 5.59. The van der Waals surface area contributed by atoms with E-state index in [4.69, 9.17) is 17.3 Å². The normalized spacial score (nSPS) is 15.2. The zero-order chi connectivity index (χ0) is 14.1. The van der Waals surface area contributed by atoms with Crippen LogP contribution in [0.4, 0.5) is 0 Å². The molecule has 0 amide bonds. The Bertz CT molecular complexity index is 633. The van der Waals surface area contributed by atoms with Crippen LogP contribution in [-0.2, 0) is 19.3 Å². The van der Waals surface area contributed by atoms with Crippen molar-refractivity contribution in [2.24, 2.45) is 5.73 Å². The first kappa shape index (κ1) is 13.7. The first-order valence-corrected chi connectivity index (χ1v) is 7.64. The highest BCUT2D eigenvalue weighted by Crippen LogP contribution is 2.28. The van der Waals surface area contributed by atoms with Gasteiger partial charge in [0.1, 0.15) is 0 Å². The van der Waals surface area contributed by atoms with E-state index in [2.05, 4.69) is 18.2 Å². The summed E-state index contributed by atoms with van der Waals surface area (Å²) in [6.07, 6.45) is 4.57. The molecule has 1 nitrogen and oxygen atoms in total. The molecule has 2 aromatic rings. The molecule has 0 spiro atoms. The molecule has 0 saturated carbocycles. The number of halogens is 1. The third-order valence-electron chi connectivity index (χ3n) is 4.24. The van der Waals surface area contributed by atoms with Crippen LogP contribution in [-0.4, -0.2) is 0 Å². The number of nitrogens with two attached hydrogens (primary N) is 1. The van der Waals surface area contributed by atoms with Crippen molar-refractivity contribution in [1.82, 2.24) is 0 Å². The van der Waals surface area contributed by atoms with Gasteiger partial charge in [0.05, 0.1) is 0 Å². The molecule has 0 aliphatic heterocycles. The van der Waals surface area contributed by atoms with E-state index in [1.54, 1.807) is 0 Å². The number of aryl methyl sites for hydroxylation is 3. The van der Waals surface area contributed by atoms with Gasteiger partial charge in [-0.25, -0.2) is 0 Å². The fourth-order valence-corrected chi connectivity index (χ4v) is 3.34. The summed E-state index contributed by atoms with van der Waals surface area (Å²) >= 11 is 6.37. The Labute approximate surface area is 125 Å². The number of hydrogen-bond acceptors (Lipinski definition) is 1. The van der Waals surface area contributed by atoms with Gasteiger partial charge < -0.3 is 5.73 Å². The molecule has 0 bridgehead atoms. The first-order valence-electron chi connectivity index (χ1n) is 7.26. The quantitative estimate of drug-likeness (QED) is 0.890. The molecule has 0 heterocycles. The summed E-state index contributed by atoms with van der Waals surface area (Å²) in [5.41, 5.74) is 12.8. The summed E-state index contributed by atoms with van der Waals surface area (Å²) in [7, 11) is 0. The van der Waals surface area contributed by atoms with Gasteiger partial charge in [-0.1, -0.05) is 48.0 Å². The van der Waals surface area contributed by atoms with E-state index in [0.29, 0.717) is 0 Å². The Hall–Kier alpha value is -1.31. The fourth-order valence-electron chi connectivity index (χ4n) is 3.07. The van der Waals surface area contributed by atoms with Gasteiger partial charge in [-0.15, -0.1) is 0 Å². The van der Waals surface area contributed by atoms with Crippen LogP contribution in [0.25, 0.3) is 0 Å². The third kappa shape index (κ3) is 2.61. The summed E-state index contributed by atoms with van der Waals surface area (Å²) in [5, 5.41) is 0.807. The zero-order valence-corrected chi connectivity index (χ0v) is 12.6. The van der Waals surface area contributed by atoms with Gasteiger partial charge in [0.15, 0.2) is 0 Å². The molecule has 1 atom stereocenters. The number of benzene rings is 2. The maximum atomic E-state index is 6.37. The highest BCUT2D eigenvalue weighted by Gasteiger charge is 2.15. The van der Waals surface area contributed by atoms with Crippen molar-refractivity contribution in [1.29, 1.82) is 0 Å². The van der Waals surface area contributed by atoms with Gasteiger partial charge in [-0.05, 0) is 60.4 Å². The molecule has 2 N–H and O–H groups in total. The van der Waals surface area contributed by atoms with Gasteiger partial charge in [0.25, 0.3) is 0 Å². The molecule has 0 fully saturated rings. The number of rotatable bonds is 3. The van der Waals surface area contributed by atoms with Gasteiger partial charge in [0, 0.05) is 11.1 Å². The lowest BCUT2D eigenvalue weighted by Gasteiger charge is -2.16. The van der Waals surface area contributed by atoms with Crippen molar-refractivity contribution in [2.75, 3.05) is 0 Å². The molecule has 2 heteroatoms. The average molecular weight is 286 g/mol. The van der Waals surface area contributed by atoms with Crippen LogP contribution in [0.3, 0.4) is 0 Å². The SMILES string of the molecule is Cc1cccc(C(N)Cc2ccc3c(c2)CCC3)c1Cl. The molecule has 3 rings (SSSR count). The molecular formula is C18H20ClN. The van der Waals surface area contributed by atoms with Gasteiger partial charge >= 0.3 is 0 Å². The van der Waals surface area contributed by atoms with E-state index in [0.717, 1.165) is 22.6 Å². The van der Waals surface area contributed by atoms with Crippen molar-refractivity contribution < 1.29 is 0 Å². The molecule has 0 aromatic heterocycles. The summed E-state index contributed by atoms with van der Waals surface area (Å²) in [5.74, 6) is 0. The van der Waals surface area contributed by atoms with Crippen molar-refractivity contribution in [3.05, 3.63) is 69.2 Å². The maximum absolute atomic E-state index is 6.37. The van der Waals surface area contributed by atoms with E-state index >= 15 is 0 Å². The summed E-state index contributed by atoms with van der Waals surface area (Å²) in [4.78, 5) is 0. The molecule has 1 aliphatic carbocycles. The zero-order valence-electron chi connectivity index (χ0n) is 11.8. The Morgan fingerprint density at radius 1 is 1.15 bits per heavy atom. The Kier molecular flexibility index (Phi) is 3.82. The Morgan fingerprint density at radius 3 is 2.80 bits per heavy atom. The number of hydrogen-bond donors (Lipinski definition) is 1. The van der Waals surface area contributed by atoms with Crippen LogP contribution in [0.15, 0.2) is 36.4 Å². The van der Waals surface area contributed by atoms with E-state index in [1.807, 2.05) is 25.1 Å². The molecule has 2 aromatic carbocycles.